The second-order valence-electron chi connectivity index (χ2n) is 9.42. The highest BCUT2D eigenvalue weighted by atomic mass is 19.1. The van der Waals surface area contributed by atoms with Crippen molar-refractivity contribution in [3.05, 3.63) is 71.3 Å². The number of guanidine groups is 2. The van der Waals surface area contributed by atoms with Crippen LogP contribution in [0.3, 0.4) is 0 Å². The van der Waals surface area contributed by atoms with Gasteiger partial charge in [0.15, 0.2) is 23.6 Å². The van der Waals surface area contributed by atoms with Crippen molar-refractivity contribution in [2.75, 3.05) is 26.2 Å². The Labute approximate surface area is 219 Å². The molecule has 11 heteroatoms. The van der Waals surface area contributed by atoms with E-state index in [0.717, 1.165) is 16.7 Å². The quantitative estimate of drug-likeness (QED) is 0.309. The molecule has 0 amide bonds. The minimum absolute atomic E-state index is 0.00682. The fraction of sp³-hybridized carbons (Fsp3) is 0.259. The number of benzene rings is 2. The van der Waals surface area contributed by atoms with E-state index in [0.29, 0.717) is 67.4 Å². The number of nitrogens with zero attached hydrogens (tertiary/aromatic N) is 5. The molecule has 2 aromatic carbocycles. The Bertz CT molecular complexity index is 1490. The molecule has 1 aromatic heterocycles. The van der Waals surface area contributed by atoms with Crippen LogP contribution in [0.2, 0.25) is 0 Å². The highest BCUT2D eigenvalue weighted by Gasteiger charge is 2.21. The van der Waals surface area contributed by atoms with Crippen molar-refractivity contribution in [1.29, 1.82) is 10.8 Å². The summed E-state index contributed by atoms with van der Waals surface area (Å²) in [6.45, 7) is 2.16. The van der Waals surface area contributed by atoms with Gasteiger partial charge in [0.25, 0.3) is 0 Å². The lowest BCUT2D eigenvalue weighted by Gasteiger charge is -2.26. The maximum absolute atomic E-state index is 15.2. The van der Waals surface area contributed by atoms with Crippen molar-refractivity contribution in [2.24, 2.45) is 18.5 Å². The van der Waals surface area contributed by atoms with E-state index in [-0.39, 0.29) is 17.7 Å². The molecule has 0 fully saturated rings. The molecule has 196 valence electrons. The topological polar surface area (TPSA) is 137 Å². The van der Waals surface area contributed by atoms with Gasteiger partial charge in [0.2, 0.25) is 0 Å². The average Bonchev–Trinajstić information content (AvgIpc) is 3.29. The molecule has 3 aromatic rings. The van der Waals surface area contributed by atoms with Crippen molar-refractivity contribution >= 4 is 23.1 Å². The third-order valence-electron chi connectivity index (χ3n) is 7.13. The van der Waals surface area contributed by atoms with Crippen molar-refractivity contribution in [3.8, 4) is 22.8 Å². The molecule has 0 atom stereocenters. The summed E-state index contributed by atoms with van der Waals surface area (Å²) in [5.74, 6) is -0.00487. The molecule has 38 heavy (non-hydrogen) atoms. The lowest BCUT2D eigenvalue weighted by atomic mass is 9.97. The number of nitrogens with two attached hydrogens (primary N) is 2. The first kappa shape index (κ1) is 25.1. The lowest BCUT2D eigenvalue weighted by molar-refractivity contribution is 0.450. The van der Waals surface area contributed by atoms with E-state index >= 15 is 8.78 Å². The summed E-state index contributed by atoms with van der Waals surface area (Å²) in [4.78, 5) is 3.47. The minimum atomic E-state index is -0.426. The highest BCUT2D eigenvalue weighted by Crippen LogP contribution is 2.31. The summed E-state index contributed by atoms with van der Waals surface area (Å²) in [7, 11) is 1.73. The third-order valence-corrected chi connectivity index (χ3v) is 7.13. The molecular weight excluding hydrogens is 488 g/mol. The Kier molecular flexibility index (Phi) is 6.66. The van der Waals surface area contributed by atoms with Crippen LogP contribution in [0.15, 0.2) is 48.6 Å². The van der Waals surface area contributed by atoms with Crippen LogP contribution in [-0.2, 0) is 7.05 Å². The van der Waals surface area contributed by atoms with E-state index < -0.39 is 5.82 Å². The van der Waals surface area contributed by atoms with Gasteiger partial charge >= 0.3 is 0 Å². The summed E-state index contributed by atoms with van der Waals surface area (Å²) in [6, 6.07) is 9.93. The Hall–Kier alpha value is -4.54. The van der Waals surface area contributed by atoms with Crippen LogP contribution in [0.5, 0.6) is 0 Å². The second-order valence-corrected chi connectivity index (χ2v) is 9.42. The van der Waals surface area contributed by atoms with Crippen molar-refractivity contribution < 1.29 is 8.78 Å². The van der Waals surface area contributed by atoms with Crippen LogP contribution >= 0.6 is 0 Å². The van der Waals surface area contributed by atoms with Crippen LogP contribution in [0.4, 0.5) is 8.78 Å². The largest absolute Gasteiger partial charge is 0.370 e. The molecule has 3 heterocycles. The number of nitrogens with one attached hydrogen (secondary N) is 2. The average molecular weight is 518 g/mol. The third kappa shape index (κ3) is 4.74. The van der Waals surface area contributed by atoms with E-state index in [1.54, 1.807) is 39.6 Å². The number of aromatic nitrogens is 3. The van der Waals surface area contributed by atoms with E-state index in [9.17, 15) is 0 Å². The molecule has 6 N–H and O–H groups in total. The molecule has 0 bridgehead atoms. The summed E-state index contributed by atoms with van der Waals surface area (Å²) >= 11 is 0. The number of rotatable bonds is 4. The Morgan fingerprint density at radius 2 is 1.29 bits per heavy atom. The van der Waals surface area contributed by atoms with Gasteiger partial charge in [-0.15, -0.1) is 10.2 Å². The monoisotopic (exact) mass is 517 g/mol. The van der Waals surface area contributed by atoms with Crippen LogP contribution < -0.4 is 11.5 Å². The van der Waals surface area contributed by atoms with E-state index in [1.807, 2.05) is 18.2 Å². The van der Waals surface area contributed by atoms with Gasteiger partial charge in [-0.1, -0.05) is 30.4 Å². The minimum Gasteiger partial charge on any atom is -0.370 e. The smallest absolute Gasteiger partial charge is 0.188 e. The van der Waals surface area contributed by atoms with Crippen LogP contribution in [0.1, 0.15) is 24.0 Å². The zero-order valence-corrected chi connectivity index (χ0v) is 21.0. The Balaban J connectivity index is 1.37. The second kappa shape index (κ2) is 10.1. The van der Waals surface area contributed by atoms with Crippen LogP contribution in [0, 0.1) is 22.5 Å². The highest BCUT2D eigenvalue weighted by molar-refractivity contribution is 5.78. The number of hydrogen-bond donors (Lipinski definition) is 4. The first-order chi connectivity index (χ1) is 18.2. The number of hydrogen-bond acceptors (Lipinski definition) is 4. The van der Waals surface area contributed by atoms with Gasteiger partial charge in [0, 0.05) is 44.4 Å². The maximum atomic E-state index is 15.2. The van der Waals surface area contributed by atoms with Crippen LogP contribution in [0.25, 0.3) is 33.9 Å². The predicted octanol–water partition coefficient (Wildman–Crippen LogP) is 3.39. The summed E-state index contributed by atoms with van der Waals surface area (Å²) in [5, 5.41) is 23.5. The molecule has 0 spiro atoms. The van der Waals surface area contributed by atoms with Gasteiger partial charge in [-0.25, -0.2) is 8.78 Å². The predicted molar refractivity (Wildman–Crippen MR) is 144 cm³/mol. The molecule has 0 radical (unpaired) electrons. The van der Waals surface area contributed by atoms with Crippen molar-refractivity contribution in [1.82, 2.24) is 24.6 Å². The fourth-order valence-corrected chi connectivity index (χ4v) is 4.91. The molecule has 0 saturated carbocycles. The lowest BCUT2D eigenvalue weighted by Crippen LogP contribution is -2.39. The molecule has 2 aliphatic rings. The zero-order valence-electron chi connectivity index (χ0n) is 21.0. The number of halogens is 2. The molecule has 2 aliphatic heterocycles. The Morgan fingerprint density at radius 3 is 1.84 bits per heavy atom. The molecule has 5 rings (SSSR count). The SMILES string of the molecule is Cn1c(-c2ccc(C3=CCN(C(=N)N)CC3)c(F)c2)nnc1-c1ccc(C2=CCN(C(=N)N)CC2)cc1F. The molecular formula is C27H29F2N9. The summed E-state index contributed by atoms with van der Waals surface area (Å²) in [5.41, 5.74) is 15.1. The standard InChI is InChI=1S/C27H29F2N9/c1-36-24(19-3-4-20(22(28)15-19)17-8-12-38(13-9-17)27(32)33)34-35-25(36)21-5-2-18(14-23(21)29)16-6-10-37(11-7-16)26(30)31/h2-6,8,14-15H,7,9-13H2,1H3,(H3,30,31)(H3,32,33). The summed E-state index contributed by atoms with van der Waals surface area (Å²) in [6.07, 6.45) is 5.10. The van der Waals surface area contributed by atoms with Gasteiger partial charge in [-0.05, 0) is 47.8 Å². The molecule has 0 unspecified atom stereocenters. The normalized spacial score (nSPS) is 15.8. The Morgan fingerprint density at radius 1 is 0.763 bits per heavy atom. The van der Waals surface area contributed by atoms with Gasteiger partial charge < -0.3 is 25.8 Å². The van der Waals surface area contributed by atoms with Crippen LogP contribution in [-0.4, -0.2) is 62.7 Å². The first-order valence-electron chi connectivity index (χ1n) is 12.3. The zero-order chi connectivity index (χ0) is 27.0. The van der Waals surface area contributed by atoms with Gasteiger partial charge in [-0.3, -0.25) is 10.8 Å². The van der Waals surface area contributed by atoms with Gasteiger partial charge in [-0.2, -0.15) is 0 Å². The van der Waals surface area contributed by atoms with Gasteiger partial charge in [0.05, 0.1) is 5.56 Å². The molecule has 0 saturated heterocycles. The molecule has 0 aliphatic carbocycles. The first-order valence-corrected chi connectivity index (χ1v) is 12.3. The van der Waals surface area contributed by atoms with Crippen molar-refractivity contribution in [2.45, 2.75) is 12.8 Å². The van der Waals surface area contributed by atoms with Crippen molar-refractivity contribution in [3.63, 3.8) is 0 Å². The maximum Gasteiger partial charge on any atom is 0.188 e. The van der Waals surface area contributed by atoms with E-state index in [4.69, 9.17) is 22.3 Å². The van der Waals surface area contributed by atoms with Gasteiger partial charge in [0.1, 0.15) is 11.6 Å². The van der Waals surface area contributed by atoms with E-state index in [1.165, 1.54) is 12.1 Å². The molecule has 9 nitrogen and oxygen atoms in total. The fourth-order valence-electron chi connectivity index (χ4n) is 4.91. The summed E-state index contributed by atoms with van der Waals surface area (Å²) < 4.78 is 32.0. The van der Waals surface area contributed by atoms with E-state index in [2.05, 4.69) is 10.2 Å².